The third kappa shape index (κ3) is 6.11. The second-order valence-electron chi connectivity index (χ2n) is 6.01. The molecule has 1 aromatic rings. The first kappa shape index (κ1) is 19.3. The lowest BCUT2D eigenvalue weighted by molar-refractivity contribution is -0.122. The van der Waals surface area contributed by atoms with Gasteiger partial charge in [-0.2, -0.15) is 0 Å². The molecule has 0 aliphatic heterocycles. The second-order valence-corrected chi connectivity index (χ2v) is 7.78. The summed E-state index contributed by atoms with van der Waals surface area (Å²) in [4.78, 5) is 23.0. The molecule has 7 heteroatoms. The molecule has 0 bridgehead atoms. The van der Waals surface area contributed by atoms with Crippen molar-refractivity contribution in [2.45, 2.75) is 51.0 Å². The fourth-order valence-corrected chi connectivity index (χ4v) is 2.81. The monoisotopic (exact) mass is 340 g/mol. The van der Waals surface area contributed by atoms with Crippen molar-refractivity contribution in [3.63, 3.8) is 0 Å². The topological polar surface area (TPSA) is 92.3 Å². The summed E-state index contributed by atoms with van der Waals surface area (Å²) in [5.41, 5.74) is 0.142. The molecule has 0 aliphatic carbocycles. The first-order chi connectivity index (χ1) is 10.6. The van der Waals surface area contributed by atoms with Gasteiger partial charge in [0.15, 0.2) is 5.78 Å². The number of nitrogens with one attached hydrogen (secondary N) is 2. The van der Waals surface area contributed by atoms with E-state index < -0.39 is 10.0 Å². The van der Waals surface area contributed by atoms with Gasteiger partial charge in [-0.15, -0.1) is 0 Å². The van der Waals surface area contributed by atoms with Gasteiger partial charge in [0.05, 0.1) is 4.90 Å². The van der Waals surface area contributed by atoms with Gasteiger partial charge in [0.25, 0.3) is 0 Å². The largest absolute Gasteiger partial charge is 0.351 e. The van der Waals surface area contributed by atoms with Crippen LogP contribution >= 0.6 is 0 Å². The lowest BCUT2D eigenvalue weighted by atomic mass is 10.0. The Kier molecular flexibility index (Phi) is 6.47. The number of sulfonamides is 1. The zero-order chi connectivity index (χ0) is 17.7. The summed E-state index contributed by atoms with van der Waals surface area (Å²) in [6.07, 6.45) is 0.848. The van der Waals surface area contributed by atoms with Gasteiger partial charge in [-0.25, -0.2) is 13.1 Å². The van der Waals surface area contributed by atoms with E-state index in [9.17, 15) is 18.0 Å². The van der Waals surface area contributed by atoms with Gasteiger partial charge in [-0.3, -0.25) is 9.59 Å². The van der Waals surface area contributed by atoms with Crippen LogP contribution in [0.1, 0.15) is 50.9 Å². The van der Waals surface area contributed by atoms with Crippen LogP contribution in [0, 0.1) is 0 Å². The van der Waals surface area contributed by atoms with Crippen molar-refractivity contribution >= 4 is 21.7 Å². The Morgan fingerprint density at radius 2 is 1.70 bits per heavy atom. The van der Waals surface area contributed by atoms with Crippen molar-refractivity contribution in [1.29, 1.82) is 0 Å². The molecule has 0 saturated carbocycles. The van der Waals surface area contributed by atoms with Crippen LogP contribution in [0.2, 0.25) is 0 Å². The van der Waals surface area contributed by atoms with Gasteiger partial charge in [-0.05, 0) is 39.3 Å². The molecule has 0 saturated heterocycles. The number of Topliss-reactive ketones (excluding diaryl/α,β-unsaturated/α-hetero) is 1. The maximum Gasteiger partial charge on any atom is 0.240 e. The van der Waals surface area contributed by atoms with E-state index in [4.69, 9.17) is 0 Å². The summed E-state index contributed by atoms with van der Waals surface area (Å²) >= 11 is 0. The zero-order valence-electron chi connectivity index (χ0n) is 14.0. The van der Waals surface area contributed by atoms with E-state index in [1.165, 1.54) is 31.2 Å². The quantitative estimate of drug-likeness (QED) is 0.707. The first-order valence-corrected chi connectivity index (χ1v) is 8.97. The van der Waals surface area contributed by atoms with Crippen LogP contribution < -0.4 is 10.0 Å². The Morgan fingerprint density at radius 3 is 2.17 bits per heavy atom. The van der Waals surface area contributed by atoms with Crippen molar-refractivity contribution < 1.29 is 18.0 Å². The van der Waals surface area contributed by atoms with E-state index >= 15 is 0 Å². The third-order valence-electron chi connectivity index (χ3n) is 3.58. The first-order valence-electron chi connectivity index (χ1n) is 7.49. The molecule has 1 aromatic carbocycles. The van der Waals surface area contributed by atoms with E-state index in [1.807, 2.05) is 20.8 Å². The summed E-state index contributed by atoms with van der Waals surface area (Å²) in [7, 11) is -3.69. The molecular formula is C16H24N2O4S. The van der Waals surface area contributed by atoms with Gasteiger partial charge >= 0.3 is 0 Å². The lowest BCUT2D eigenvalue weighted by Crippen LogP contribution is -2.43. The third-order valence-corrected chi connectivity index (χ3v) is 5.05. The molecule has 1 rings (SSSR count). The van der Waals surface area contributed by atoms with Gasteiger partial charge in [-0.1, -0.05) is 19.1 Å². The molecule has 0 aliphatic rings. The van der Waals surface area contributed by atoms with E-state index in [2.05, 4.69) is 10.0 Å². The van der Waals surface area contributed by atoms with E-state index in [-0.39, 0.29) is 35.1 Å². The van der Waals surface area contributed by atoms with Crippen LogP contribution in [0.4, 0.5) is 0 Å². The number of carbonyl (C=O) groups excluding carboxylic acids is 2. The van der Waals surface area contributed by atoms with Gasteiger partial charge in [0, 0.05) is 24.1 Å². The predicted octanol–water partition coefficient (Wildman–Crippen LogP) is 1.86. The highest BCUT2D eigenvalue weighted by molar-refractivity contribution is 7.89. The van der Waals surface area contributed by atoms with E-state index in [1.54, 1.807) is 0 Å². The smallest absolute Gasteiger partial charge is 0.240 e. The minimum atomic E-state index is -3.69. The van der Waals surface area contributed by atoms with Gasteiger partial charge < -0.3 is 5.32 Å². The zero-order valence-corrected chi connectivity index (χ0v) is 14.8. The van der Waals surface area contributed by atoms with Crippen LogP contribution in [-0.4, -0.2) is 32.2 Å². The average molecular weight is 340 g/mol. The number of rotatable bonds is 8. The minimum absolute atomic E-state index is 0.0163. The molecule has 0 unspecified atom stereocenters. The molecule has 0 radical (unpaired) electrons. The summed E-state index contributed by atoms with van der Waals surface area (Å²) < 4.78 is 26.6. The highest BCUT2D eigenvalue weighted by Crippen LogP contribution is 2.11. The van der Waals surface area contributed by atoms with Crippen LogP contribution in [-0.2, 0) is 14.8 Å². The average Bonchev–Trinajstić information content (AvgIpc) is 2.46. The predicted molar refractivity (Wildman–Crippen MR) is 88.8 cm³/mol. The van der Waals surface area contributed by atoms with Gasteiger partial charge in [0.1, 0.15) is 0 Å². The standard InChI is InChI=1S/C16H24N2O4S/c1-5-16(3,4)18-15(20)10-11-17-23(21,22)14-8-6-13(7-9-14)12(2)19/h6-9,17H,5,10-11H2,1-4H3,(H,18,20). The van der Waals surface area contributed by atoms with E-state index in [0.717, 1.165) is 6.42 Å². The number of amides is 1. The van der Waals surface area contributed by atoms with Crippen LogP contribution in [0.15, 0.2) is 29.2 Å². The number of carbonyl (C=O) groups is 2. The van der Waals surface area contributed by atoms with Gasteiger partial charge in [0.2, 0.25) is 15.9 Å². The number of benzene rings is 1. The number of hydrogen-bond acceptors (Lipinski definition) is 4. The van der Waals surface area contributed by atoms with Crippen LogP contribution in [0.3, 0.4) is 0 Å². The summed E-state index contributed by atoms with van der Waals surface area (Å²) in [5, 5.41) is 2.84. The Morgan fingerprint density at radius 1 is 1.13 bits per heavy atom. The van der Waals surface area contributed by atoms with Crippen molar-refractivity contribution in [1.82, 2.24) is 10.0 Å². The number of ketones is 1. The van der Waals surface area contributed by atoms with Crippen molar-refractivity contribution in [2.24, 2.45) is 0 Å². The number of hydrogen-bond donors (Lipinski definition) is 2. The molecule has 23 heavy (non-hydrogen) atoms. The highest BCUT2D eigenvalue weighted by Gasteiger charge is 2.19. The Bertz CT molecular complexity index is 664. The molecule has 0 spiro atoms. The minimum Gasteiger partial charge on any atom is -0.351 e. The molecule has 0 atom stereocenters. The molecule has 0 heterocycles. The molecule has 6 nitrogen and oxygen atoms in total. The lowest BCUT2D eigenvalue weighted by Gasteiger charge is -2.24. The fraction of sp³-hybridized carbons (Fsp3) is 0.500. The van der Waals surface area contributed by atoms with Crippen molar-refractivity contribution in [2.75, 3.05) is 6.54 Å². The Balaban J connectivity index is 2.59. The summed E-state index contributed by atoms with van der Waals surface area (Å²) in [5.74, 6) is -0.330. The highest BCUT2D eigenvalue weighted by atomic mass is 32.2. The molecule has 2 N–H and O–H groups in total. The SMILES string of the molecule is CCC(C)(C)NC(=O)CCNS(=O)(=O)c1ccc(C(C)=O)cc1. The summed E-state index contributed by atoms with van der Waals surface area (Å²) in [6.45, 7) is 7.21. The molecular weight excluding hydrogens is 316 g/mol. The van der Waals surface area contributed by atoms with E-state index in [0.29, 0.717) is 5.56 Å². The molecule has 0 fully saturated rings. The van der Waals surface area contributed by atoms with Crippen molar-refractivity contribution in [3.8, 4) is 0 Å². The fourth-order valence-electron chi connectivity index (χ4n) is 1.78. The Hall–Kier alpha value is -1.73. The molecule has 128 valence electrons. The maximum absolute atomic E-state index is 12.1. The van der Waals surface area contributed by atoms with Crippen LogP contribution in [0.25, 0.3) is 0 Å². The summed E-state index contributed by atoms with van der Waals surface area (Å²) in [6, 6.07) is 5.68. The Labute approximate surface area is 137 Å². The molecule has 1 amide bonds. The molecule has 0 aromatic heterocycles. The van der Waals surface area contributed by atoms with Crippen molar-refractivity contribution in [3.05, 3.63) is 29.8 Å². The second kappa shape index (κ2) is 7.70. The van der Waals surface area contributed by atoms with Crippen LogP contribution in [0.5, 0.6) is 0 Å². The normalized spacial score (nSPS) is 12.0. The maximum atomic E-state index is 12.1.